The summed E-state index contributed by atoms with van der Waals surface area (Å²) in [6, 6.07) is 31.1. The Bertz CT molecular complexity index is 2040. The number of carbonyl (C=O) groups excluding carboxylic acids is 2. The number of hydrogen-bond donors (Lipinski definition) is 4. The number of piperidine rings is 1. The highest BCUT2D eigenvalue weighted by molar-refractivity contribution is 5.92. The van der Waals surface area contributed by atoms with Crippen molar-refractivity contribution in [2.24, 2.45) is 0 Å². The predicted molar refractivity (Wildman–Crippen MR) is 200 cm³/mol. The van der Waals surface area contributed by atoms with Gasteiger partial charge in [-0.05, 0) is 53.8 Å². The van der Waals surface area contributed by atoms with Gasteiger partial charge in [0, 0.05) is 49.8 Å². The van der Waals surface area contributed by atoms with Gasteiger partial charge >= 0.3 is 17.7 Å². The van der Waals surface area contributed by atoms with Crippen molar-refractivity contribution in [3.63, 3.8) is 0 Å². The van der Waals surface area contributed by atoms with Gasteiger partial charge in [0.25, 0.3) is 0 Å². The number of para-hydroxylation sites is 2. The van der Waals surface area contributed by atoms with Crippen molar-refractivity contribution in [2.75, 3.05) is 32.1 Å². The average Bonchev–Trinajstić information content (AvgIpc) is 3.53. The van der Waals surface area contributed by atoms with Gasteiger partial charge < -0.3 is 39.8 Å². The molecule has 2 aliphatic rings. The molecule has 0 bridgehead atoms. The summed E-state index contributed by atoms with van der Waals surface area (Å²) in [6.07, 6.45) is 1.63. The molecule has 0 spiro atoms. The van der Waals surface area contributed by atoms with Crippen LogP contribution in [0.4, 0.5) is 10.5 Å². The Kier molecular flexibility index (Phi) is 11.3. The number of amides is 2. The number of urea groups is 1. The maximum Gasteiger partial charge on any atom is 0.328 e. The first kappa shape index (κ1) is 36.1. The minimum Gasteiger partial charge on any atom is -0.467 e. The van der Waals surface area contributed by atoms with Crippen molar-refractivity contribution in [1.29, 1.82) is 0 Å². The molecule has 4 atom stereocenters. The van der Waals surface area contributed by atoms with Gasteiger partial charge in [0.05, 0.1) is 37.0 Å². The van der Waals surface area contributed by atoms with E-state index in [1.165, 1.54) is 7.11 Å². The number of rotatable bonds is 11. The molecule has 0 saturated carbocycles. The maximum atomic E-state index is 12.9. The van der Waals surface area contributed by atoms with E-state index in [2.05, 4.69) is 20.5 Å². The normalized spacial score (nSPS) is 20.2. The number of ether oxygens (including phenoxy) is 3. The highest BCUT2D eigenvalue weighted by Gasteiger charge is 2.34. The van der Waals surface area contributed by atoms with Crippen LogP contribution in [0.15, 0.2) is 108 Å². The monoisotopic (exact) mass is 719 g/mol. The predicted octanol–water partition coefficient (Wildman–Crippen LogP) is 5.61. The number of nitrogens with zero attached hydrogens (tertiary/aromatic N) is 2. The zero-order chi connectivity index (χ0) is 36.7. The molecule has 276 valence electrons. The number of benzene rings is 4. The van der Waals surface area contributed by atoms with Crippen molar-refractivity contribution in [3.8, 4) is 0 Å². The number of likely N-dealkylation sites (tertiary alicyclic amines) is 1. The summed E-state index contributed by atoms with van der Waals surface area (Å²) in [5, 5.41) is 15.1. The molecule has 4 aromatic carbocycles. The number of imidazole rings is 1. The van der Waals surface area contributed by atoms with Gasteiger partial charge in [-0.25, -0.2) is 14.4 Å². The molecule has 53 heavy (non-hydrogen) atoms. The lowest BCUT2D eigenvalue weighted by Gasteiger charge is -2.40. The molecule has 12 nitrogen and oxygen atoms in total. The van der Waals surface area contributed by atoms with Crippen LogP contribution in [0.5, 0.6) is 0 Å². The van der Waals surface area contributed by atoms with Crippen molar-refractivity contribution in [1.82, 2.24) is 19.8 Å². The Morgan fingerprint density at radius 1 is 0.887 bits per heavy atom. The third-order valence-corrected chi connectivity index (χ3v) is 10.1. The van der Waals surface area contributed by atoms with E-state index in [-0.39, 0.29) is 30.5 Å². The van der Waals surface area contributed by atoms with Gasteiger partial charge in [0.1, 0.15) is 6.04 Å². The van der Waals surface area contributed by atoms with Gasteiger partial charge in [-0.2, -0.15) is 0 Å². The number of H-pyrrole nitrogens is 1. The Hall–Kier alpha value is -5.27. The quantitative estimate of drug-likeness (QED) is 0.129. The Labute approximate surface area is 307 Å². The number of hydrogen-bond acceptors (Lipinski definition) is 8. The van der Waals surface area contributed by atoms with Crippen LogP contribution in [-0.2, 0) is 32.0 Å². The molecule has 0 aliphatic carbocycles. The van der Waals surface area contributed by atoms with E-state index in [0.29, 0.717) is 25.1 Å². The number of methoxy groups -OCH3 is 1. The maximum absolute atomic E-state index is 12.9. The van der Waals surface area contributed by atoms with Gasteiger partial charge in [-0.15, -0.1) is 0 Å². The number of aliphatic hydroxyl groups is 1. The SMILES string of the molecule is COC(=O)[C@H](Cc1ccccc1)NC(=O)Nc1ccc([C@H]2O[C@@H](CN3CCC(n4c(=O)[nH]c5ccccc54)CC3)C[C@@H](c3ccc(CO)cc3)O2)cc1. The third kappa shape index (κ3) is 8.69. The summed E-state index contributed by atoms with van der Waals surface area (Å²) in [6.45, 7) is 2.35. The lowest BCUT2D eigenvalue weighted by Crippen LogP contribution is -2.45. The summed E-state index contributed by atoms with van der Waals surface area (Å²) in [7, 11) is 1.30. The van der Waals surface area contributed by atoms with Crippen molar-refractivity contribution in [3.05, 3.63) is 136 Å². The summed E-state index contributed by atoms with van der Waals surface area (Å²) in [5.41, 5.74) is 5.80. The van der Waals surface area contributed by atoms with Crippen LogP contribution in [0.25, 0.3) is 11.0 Å². The van der Waals surface area contributed by atoms with Crippen LogP contribution in [0, 0.1) is 0 Å². The number of nitrogens with one attached hydrogen (secondary N) is 3. The highest BCUT2D eigenvalue weighted by Crippen LogP contribution is 2.39. The van der Waals surface area contributed by atoms with Crippen LogP contribution in [-0.4, -0.2) is 70.4 Å². The number of carbonyl (C=O) groups is 2. The zero-order valence-electron chi connectivity index (χ0n) is 29.6. The van der Waals surface area contributed by atoms with Crippen LogP contribution >= 0.6 is 0 Å². The first-order valence-electron chi connectivity index (χ1n) is 18.1. The van der Waals surface area contributed by atoms with E-state index < -0.39 is 24.3 Å². The molecule has 0 unspecified atom stereocenters. The third-order valence-electron chi connectivity index (χ3n) is 10.1. The van der Waals surface area contributed by atoms with E-state index in [1.807, 2.05) is 95.6 Å². The number of aromatic nitrogens is 2. The summed E-state index contributed by atoms with van der Waals surface area (Å²) < 4.78 is 20.0. The Morgan fingerprint density at radius 2 is 1.58 bits per heavy atom. The number of aliphatic hydroxyl groups excluding tert-OH is 1. The molecule has 5 aromatic rings. The standard InChI is InChI=1S/C41H45N5O7/c1-51-38(48)35(23-27-7-3-2-4-8-27)43-40(49)42-31-17-15-30(16-18-31)39-52-33(24-37(53-39)29-13-11-28(26-47)12-14-29)25-45-21-19-32(20-22-45)46-36-10-6-5-9-34(36)44-41(46)50/h2-18,32-33,35,37,39,47H,19-26H2,1H3,(H,44,50)(H2,42,43,49)/t33-,35+,37+,39+/m1/s1. The largest absolute Gasteiger partial charge is 0.467 e. The highest BCUT2D eigenvalue weighted by atomic mass is 16.7. The molecule has 0 radical (unpaired) electrons. The van der Waals surface area contributed by atoms with Gasteiger partial charge in [0.2, 0.25) is 0 Å². The Morgan fingerprint density at radius 3 is 2.30 bits per heavy atom. The molecule has 12 heteroatoms. The number of anilines is 1. The van der Waals surface area contributed by atoms with E-state index >= 15 is 0 Å². The minimum atomic E-state index is -0.853. The summed E-state index contributed by atoms with van der Waals surface area (Å²) in [4.78, 5) is 43.6. The zero-order valence-corrected chi connectivity index (χ0v) is 29.6. The second-order valence-electron chi connectivity index (χ2n) is 13.7. The van der Waals surface area contributed by atoms with Crippen LogP contribution < -0.4 is 16.3 Å². The lowest BCUT2D eigenvalue weighted by molar-refractivity contribution is -0.253. The van der Waals surface area contributed by atoms with E-state index in [4.69, 9.17) is 14.2 Å². The van der Waals surface area contributed by atoms with E-state index in [9.17, 15) is 19.5 Å². The molecule has 4 N–H and O–H groups in total. The molecule has 7 rings (SSSR count). The Balaban J connectivity index is 1.01. The van der Waals surface area contributed by atoms with Crippen molar-refractivity contribution >= 4 is 28.7 Å². The minimum absolute atomic E-state index is 0.0322. The fraction of sp³-hybridized carbons (Fsp3) is 0.341. The van der Waals surface area contributed by atoms with Gasteiger partial charge in [-0.1, -0.05) is 78.9 Å². The molecule has 2 aliphatic heterocycles. The van der Waals surface area contributed by atoms with Crippen LogP contribution in [0.3, 0.4) is 0 Å². The number of fused-ring (bicyclic) bond motifs is 1. The number of esters is 1. The second-order valence-corrected chi connectivity index (χ2v) is 13.7. The molecule has 3 heterocycles. The van der Waals surface area contributed by atoms with E-state index in [0.717, 1.165) is 59.2 Å². The first-order valence-corrected chi connectivity index (χ1v) is 18.1. The van der Waals surface area contributed by atoms with Crippen molar-refractivity contribution in [2.45, 2.75) is 62.9 Å². The second kappa shape index (κ2) is 16.6. The molecule has 2 amide bonds. The summed E-state index contributed by atoms with van der Waals surface area (Å²) >= 11 is 0. The van der Waals surface area contributed by atoms with Crippen molar-refractivity contribution < 1.29 is 28.9 Å². The lowest BCUT2D eigenvalue weighted by atomic mass is 9.98. The first-order chi connectivity index (χ1) is 25.9. The molecular formula is C41H45N5O7. The molecule has 1 aromatic heterocycles. The fourth-order valence-electron chi connectivity index (χ4n) is 7.35. The molecule has 2 saturated heterocycles. The molecular weight excluding hydrogens is 674 g/mol. The van der Waals surface area contributed by atoms with E-state index in [1.54, 1.807) is 12.1 Å². The van der Waals surface area contributed by atoms with Gasteiger partial charge in [0.15, 0.2) is 6.29 Å². The van der Waals surface area contributed by atoms with Gasteiger partial charge in [-0.3, -0.25) is 4.57 Å². The van der Waals surface area contributed by atoms with Crippen LogP contribution in [0.1, 0.15) is 60.0 Å². The summed E-state index contributed by atoms with van der Waals surface area (Å²) in [5.74, 6) is -0.532. The smallest absolute Gasteiger partial charge is 0.328 e. The molecule has 2 fully saturated rings. The topological polar surface area (TPSA) is 147 Å². The van der Waals surface area contributed by atoms with Crippen LogP contribution in [0.2, 0.25) is 0 Å². The average molecular weight is 720 g/mol. The fourth-order valence-corrected chi connectivity index (χ4v) is 7.35. The number of aromatic amines is 1.